The number of aryl methyl sites for hydroxylation is 1. The number of halogens is 2. The molecule has 3 N–H and O–H groups in total. The molecule has 1 heterocycles. The number of hydrogen-bond donors (Lipinski definition) is 2. The summed E-state index contributed by atoms with van der Waals surface area (Å²) in [5.41, 5.74) is 8.34. The van der Waals surface area contributed by atoms with Crippen molar-refractivity contribution in [2.24, 2.45) is 0 Å². The summed E-state index contributed by atoms with van der Waals surface area (Å²) in [5.74, 6) is -0.311. The van der Waals surface area contributed by atoms with Gasteiger partial charge in [-0.15, -0.1) is 11.3 Å². The van der Waals surface area contributed by atoms with Crippen LogP contribution in [0, 0.1) is 5.82 Å². The number of anilines is 2. The van der Waals surface area contributed by atoms with Crippen molar-refractivity contribution in [2.75, 3.05) is 11.1 Å². The molecular formula is C13H14BrFN2S. The standard InChI is InChI=1S/C13H14BrFN2S/c1-2-8-3-4-18-13(8)7-17-12-6-10(15)9(14)5-11(12)16/h3-6,17H,2,7,16H2,1H3. The number of thiophene rings is 1. The molecule has 1 aromatic heterocycles. The van der Waals surface area contributed by atoms with Crippen LogP contribution in [0.25, 0.3) is 0 Å². The molecule has 0 atom stereocenters. The maximum absolute atomic E-state index is 13.4. The topological polar surface area (TPSA) is 38.0 Å². The van der Waals surface area contributed by atoms with Gasteiger partial charge >= 0.3 is 0 Å². The van der Waals surface area contributed by atoms with E-state index < -0.39 is 0 Å². The van der Waals surface area contributed by atoms with Crippen molar-refractivity contribution < 1.29 is 4.39 Å². The second kappa shape index (κ2) is 5.71. The van der Waals surface area contributed by atoms with Crippen molar-refractivity contribution in [3.63, 3.8) is 0 Å². The number of hydrogen-bond acceptors (Lipinski definition) is 3. The maximum Gasteiger partial charge on any atom is 0.139 e. The highest BCUT2D eigenvalue weighted by molar-refractivity contribution is 9.10. The van der Waals surface area contributed by atoms with Gasteiger partial charge in [0, 0.05) is 17.5 Å². The van der Waals surface area contributed by atoms with Crippen LogP contribution in [0.15, 0.2) is 28.1 Å². The van der Waals surface area contributed by atoms with Crippen LogP contribution in [0.2, 0.25) is 0 Å². The lowest BCUT2D eigenvalue weighted by Gasteiger charge is -2.10. The van der Waals surface area contributed by atoms with E-state index in [1.54, 1.807) is 17.4 Å². The molecule has 2 nitrogen and oxygen atoms in total. The lowest BCUT2D eigenvalue weighted by Crippen LogP contribution is -2.03. The molecule has 96 valence electrons. The number of nitrogen functional groups attached to an aromatic ring is 1. The van der Waals surface area contributed by atoms with Crippen LogP contribution in [-0.2, 0) is 13.0 Å². The summed E-state index contributed by atoms with van der Waals surface area (Å²) in [5, 5.41) is 5.25. The number of nitrogens with two attached hydrogens (primary N) is 1. The third kappa shape index (κ3) is 2.84. The summed E-state index contributed by atoms with van der Waals surface area (Å²) in [4.78, 5) is 1.26. The molecule has 0 aliphatic carbocycles. The molecule has 0 spiro atoms. The average Bonchev–Trinajstić information content (AvgIpc) is 2.79. The van der Waals surface area contributed by atoms with Crippen LogP contribution in [-0.4, -0.2) is 0 Å². The summed E-state index contributed by atoms with van der Waals surface area (Å²) in [6.45, 7) is 2.80. The fourth-order valence-corrected chi connectivity index (χ4v) is 3.00. The van der Waals surface area contributed by atoms with Crippen molar-refractivity contribution in [1.82, 2.24) is 0 Å². The third-order valence-corrected chi connectivity index (χ3v) is 4.32. The molecule has 5 heteroatoms. The molecule has 0 unspecified atom stereocenters. The van der Waals surface area contributed by atoms with Crippen LogP contribution in [0.1, 0.15) is 17.4 Å². The molecule has 18 heavy (non-hydrogen) atoms. The second-order valence-electron chi connectivity index (χ2n) is 3.93. The molecule has 1 aromatic carbocycles. The lowest BCUT2D eigenvalue weighted by atomic mass is 10.2. The fraction of sp³-hybridized carbons (Fsp3) is 0.231. The van der Waals surface area contributed by atoms with E-state index in [2.05, 4.69) is 39.6 Å². The monoisotopic (exact) mass is 328 g/mol. The van der Waals surface area contributed by atoms with Crippen molar-refractivity contribution in [2.45, 2.75) is 19.9 Å². The molecule has 0 bridgehead atoms. The largest absolute Gasteiger partial charge is 0.397 e. The number of rotatable bonds is 4. The van der Waals surface area contributed by atoms with E-state index in [9.17, 15) is 4.39 Å². The predicted octanol–water partition coefficient (Wildman–Crippen LogP) is 4.41. The zero-order valence-electron chi connectivity index (χ0n) is 9.97. The molecule has 2 rings (SSSR count). The van der Waals surface area contributed by atoms with Gasteiger partial charge in [-0.1, -0.05) is 6.92 Å². The van der Waals surface area contributed by atoms with Crippen molar-refractivity contribution in [3.05, 3.63) is 44.3 Å². The minimum Gasteiger partial charge on any atom is -0.397 e. The van der Waals surface area contributed by atoms with Crippen molar-refractivity contribution >= 4 is 38.6 Å². The van der Waals surface area contributed by atoms with Crippen LogP contribution in [0.5, 0.6) is 0 Å². The summed E-state index contributed by atoms with van der Waals surface area (Å²) in [6, 6.07) is 5.11. The zero-order valence-corrected chi connectivity index (χ0v) is 12.4. The first-order valence-corrected chi connectivity index (χ1v) is 7.32. The van der Waals surface area contributed by atoms with Gasteiger partial charge in [0.1, 0.15) is 5.82 Å². The van der Waals surface area contributed by atoms with Gasteiger partial charge in [-0.25, -0.2) is 4.39 Å². The first-order valence-electron chi connectivity index (χ1n) is 5.65. The number of benzene rings is 1. The van der Waals surface area contributed by atoms with Gasteiger partial charge in [0.25, 0.3) is 0 Å². The minimum absolute atomic E-state index is 0.311. The summed E-state index contributed by atoms with van der Waals surface area (Å²) < 4.78 is 13.8. The molecule has 0 saturated heterocycles. The Morgan fingerprint density at radius 2 is 2.22 bits per heavy atom. The molecule has 0 fully saturated rings. The highest BCUT2D eigenvalue weighted by Gasteiger charge is 2.07. The van der Waals surface area contributed by atoms with E-state index in [1.807, 2.05) is 0 Å². The lowest BCUT2D eigenvalue weighted by molar-refractivity contribution is 0.622. The van der Waals surface area contributed by atoms with E-state index in [0.29, 0.717) is 22.4 Å². The van der Waals surface area contributed by atoms with Gasteiger partial charge in [-0.2, -0.15) is 0 Å². The first kappa shape index (κ1) is 13.4. The highest BCUT2D eigenvalue weighted by atomic mass is 79.9. The molecule has 0 radical (unpaired) electrons. The zero-order chi connectivity index (χ0) is 13.1. The van der Waals surface area contributed by atoms with Crippen molar-refractivity contribution in [1.29, 1.82) is 0 Å². The SMILES string of the molecule is CCc1ccsc1CNc1cc(F)c(Br)cc1N. The molecule has 0 aliphatic rings. The summed E-state index contributed by atoms with van der Waals surface area (Å²) in [7, 11) is 0. The number of nitrogens with one attached hydrogen (secondary N) is 1. The Labute approximate surface area is 118 Å². The van der Waals surface area contributed by atoms with Gasteiger partial charge in [0.15, 0.2) is 0 Å². The smallest absolute Gasteiger partial charge is 0.139 e. The molecule has 0 aliphatic heterocycles. The van der Waals surface area contributed by atoms with Crippen molar-refractivity contribution in [3.8, 4) is 0 Å². The van der Waals surface area contributed by atoms with E-state index >= 15 is 0 Å². The third-order valence-electron chi connectivity index (χ3n) is 2.75. The Bertz CT molecular complexity index is 554. The second-order valence-corrected chi connectivity index (χ2v) is 5.78. The van der Waals surface area contributed by atoms with Gasteiger partial charge in [0.2, 0.25) is 0 Å². The fourth-order valence-electron chi connectivity index (χ4n) is 1.73. The normalized spacial score (nSPS) is 10.6. The molecule has 0 amide bonds. The molecule has 0 saturated carbocycles. The van der Waals surface area contributed by atoms with Crippen LogP contribution in [0.4, 0.5) is 15.8 Å². The Hall–Kier alpha value is -1.07. The Morgan fingerprint density at radius 3 is 2.94 bits per heavy atom. The van der Waals surface area contributed by atoms with Gasteiger partial charge < -0.3 is 11.1 Å². The van der Waals surface area contributed by atoms with Crippen LogP contribution >= 0.6 is 27.3 Å². The molecular weight excluding hydrogens is 315 g/mol. The Balaban J connectivity index is 2.13. The molecule has 2 aromatic rings. The van der Waals surface area contributed by atoms with Gasteiger partial charge in [0.05, 0.1) is 15.8 Å². The van der Waals surface area contributed by atoms with E-state index in [4.69, 9.17) is 5.73 Å². The van der Waals surface area contributed by atoms with E-state index in [1.165, 1.54) is 16.5 Å². The van der Waals surface area contributed by atoms with Crippen LogP contribution < -0.4 is 11.1 Å². The minimum atomic E-state index is -0.311. The van der Waals surface area contributed by atoms with Gasteiger partial charge in [-0.3, -0.25) is 0 Å². The average molecular weight is 329 g/mol. The van der Waals surface area contributed by atoms with E-state index in [0.717, 1.165) is 6.42 Å². The summed E-state index contributed by atoms with van der Waals surface area (Å²) >= 11 is 4.81. The Morgan fingerprint density at radius 1 is 1.44 bits per heavy atom. The maximum atomic E-state index is 13.4. The van der Waals surface area contributed by atoms with Gasteiger partial charge in [-0.05, 0) is 45.4 Å². The summed E-state index contributed by atoms with van der Waals surface area (Å²) in [6.07, 6.45) is 1.00. The quantitative estimate of drug-likeness (QED) is 0.816. The van der Waals surface area contributed by atoms with Crippen LogP contribution in [0.3, 0.4) is 0 Å². The predicted molar refractivity (Wildman–Crippen MR) is 79.5 cm³/mol. The Kier molecular flexibility index (Phi) is 4.24. The first-order chi connectivity index (χ1) is 8.61. The van der Waals surface area contributed by atoms with E-state index in [-0.39, 0.29) is 5.82 Å². The highest BCUT2D eigenvalue weighted by Crippen LogP contribution is 2.27.